The molecule has 1 atom stereocenters. The predicted octanol–water partition coefficient (Wildman–Crippen LogP) is 3.08. The Bertz CT molecular complexity index is 824. The highest BCUT2D eigenvalue weighted by Crippen LogP contribution is 2.36. The maximum atomic E-state index is 13.0. The van der Waals surface area contributed by atoms with Crippen molar-refractivity contribution in [3.8, 4) is 11.5 Å². The van der Waals surface area contributed by atoms with Gasteiger partial charge in [0.15, 0.2) is 11.5 Å². The molecule has 0 radical (unpaired) electrons. The zero-order valence-electron chi connectivity index (χ0n) is 17.2. The Morgan fingerprint density at radius 2 is 1.79 bits per heavy atom. The quantitative estimate of drug-likeness (QED) is 0.750. The van der Waals surface area contributed by atoms with Gasteiger partial charge in [-0.05, 0) is 24.7 Å². The monoisotopic (exact) mass is 417 g/mol. The van der Waals surface area contributed by atoms with E-state index in [2.05, 4.69) is 22.2 Å². The molecule has 2 aromatic rings. The SMILES string of the molecule is COc1cc(C(=O)NC(CN2CCN(C)CC2)c2ccccc2)cc(Cl)c1OC. The molecule has 0 aromatic heterocycles. The van der Waals surface area contributed by atoms with Crippen molar-refractivity contribution < 1.29 is 14.3 Å². The number of piperazine rings is 1. The number of hydrogen-bond acceptors (Lipinski definition) is 5. The Morgan fingerprint density at radius 3 is 2.41 bits per heavy atom. The summed E-state index contributed by atoms with van der Waals surface area (Å²) in [5, 5.41) is 3.52. The molecule has 1 fully saturated rings. The van der Waals surface area contributed by atoms with Crippen LogP contribution in [0.15, 0.2) is 42.5 Å². The van der Waals surface area contributed by atoms with Gasteiger partial charge in [0, 0.05) is 38.3 Å². The summed E-state index contributed by atoms with van der Waals surface area (Å²) in [6.45, 7) is 4.78. The van der Waals surface area contributed by atoms with E-state index >= 15 is 0 Å². The fourth-order valence-corrected chi connectivity index (χ4v) is 3.79. The molecule has 29 heavy (non-hydrogen) atoms. The fraction of sp³-hybridized carbons (Fsp3) is 0.409. The molecule has 7 heteroatoms. The minimum absolute atomic E-state index is 0.126. The van der Waals surface area contributed by atoms with Crippen LogP contribution < -0.4 is 14.8 Å². The molecule has 0 aliphatic carbocycles. The molecular weight excluding hydrogens is 390 g/mol. The summed E-state index contributed by atoms with van der Waals surface area (Å²) in [5.74, 6) is 0.652. The Labute approximate surface area is 177 Å². The standard InChI is InChI=1S/C22H28ClN3O3/c1-25-9-11-26(12-10-25)15-19(16-7-5-4-6-8-16)24-22(27)17-13-18(23)21(29-3)20(14-17)28-2/h4-8,13-14,19H,9-12,15H2,1-3H3,(H,24,27). The van der Waals surface area contributed by atoms with Crippen molar-refractivity contribution in [1.82, 2.24) is 15.1 Å². The minimum Gasteiger partial charge on any atom is -0.493 e. The van der Waals surface area contributed by atoms with Crippen molar-refractivity contribution in [1.29, 1.82) is 0 Å². The van der Waals surface area contributed by atoms with Crippen LogP contribution in [0.1, 0.15) is 22.0 Å². The third kappa shape index (κ3) is 5.41. The average molecular weight is 418 g/mol. The van der Waals surface area contributed by atoms with Gasteiger partial charge in [0.2, 0.25) is 0 Å². The maximum Gasteiger partial charge on any atom is 0.252 e. The van der Waals surface area contributed by atoms with Crippen LogP contribution in [0.3, 0.4) is 0 Å². The fourth-order valence-electron chi connectivity index (χ4n) is 3.50. The van der Waals surface area contributed by atoms with Crippen molar-refractivity contribution in [2.45, 2.75) is 6.04 Å². The second-order valence-corrected chi connectivity index (χ2v) is 7.64. The van der Waals surface area contributed by atoms with Gasteiger partial charge >= 0.3 is 0 Å². The highest BCUT2D eigenvalue weighted by atomic mass is 35.5. The van der Waals surface area contributed by atoms with E-state index in [9.17, 15) is 4.79 Å². The third-order valence-electron chi connectivity index (χ3n) is 5.24. The summed E-state index contributed by atoms with van der Waals surface area (Å²) in [4.78, 5) is 17.8. The van der Waals surface area contributed by atoms with Crippen molar-refractivity contribution >= 4 is 17.5 Å². The molecule has 0 saturated carbocycles. The number of hydrogen-bond donors (Lipinski definition) is 1. The number of rotatable bonds is 7. The van der Waals surface area contributed by atoms with E-state index in [0.29, 0.717) is 22.1 Å². The lowest BCUT2D eigenvalue weighted by atomic mass is 10.0. The molecule has 1 amide bonds. The number of benzene rings is 2. The highest BCUT2D eigenvalue weighted by Gasteiger charge is 2.23. The molecule has 1 heterocycles. The Morgan fingerprint density at radius 1 is 1.10 bits per heavy atom. The van der Waals surface area contributed by atoms with Crippen LogP contribution in [0.2, 0.25) is 5.02 Å². The first-order valence-electron chi connectivity index (χ1n) is 9.70. The lowest BCUT2D eigenvalue weighted by Gasteiger charge is -2.35. The second-order valence-electron chi connectivity index (χ2n) is 7.23. The largest absolute Gasteiger partial charge is 0.493 e. The number of carbonyl (C=O) groups excluding carboxylic acids is 1. The van der Waals surface area contributed by atoms with Crippen LogP contribution in [0.25, 0.3) is 0 Å². The van der Waals surface area contributed by atoms with Gasteiger partial charge in [0.25, 0.3) is 5.91 Å². The van der Waals surface area contributed by atoms with Crippen molar-refractivity contribution in [2.75, 3.05) is 54.0 Å². The molecule has 156 valence electrons. The Kier molecular flexibility index (Phi) is 7.36. The first-order valence-corrected chi connectivity index (χ1v) is 10.1. The van der Waals surface area contributed by atoms with Gasteiger partial charge < -0.3 is 19.7 Å². The van der Waals surface area contributed by atoms with E-state index in [0.717, 1.165) is 38.3 Å². The van der Waals surface area contributed by atoms with E-state index in [-0.39, 0.29) is 11.9 Å². The van der Waals surface area contributed by atoms with E-state index in [4.69, 9.17) is 21.1 Å². The van der Waals surface area contributed by atoms with Crippen LogP contribution >= 0.6 is 11.6 Å². The molecule has 0 spiro atoms. The number of halogens is 1. The molecule has 2 aromatic carbocycles. The van der Waals surface area contributed by atoms with E-state index in [1.165, 1.54) is 14.2 Å². The minimum atomic E-state index is -0.198. The lowest BCUT2D eigenvalue weighted by molar-refractivity contribution is 0.0907. The number of carbonyl (C=O) groups is 1. The van der Waals surface area contributed by atoms with E-state index in [1.807, 2.05) is 30.3 Å². The summed E-state index contributed by atoms with van der Waals surface area (Å²) in [6.07, 6.45) is 0. The summed E-state index contributed by atoms with van der Waals surface area (Å²) in [7, 11) is 5.18. The zero-order chi connectivity index (χ0) is 20.8. The normalized spacial score (nSPS) is 16.3. The first kappa shape index (κ1) is 21.4. The summed E-state index contributed by atoms with van der Waals surface area (Å²) < 4.78 is 10.6. The van der Waals surface area contributed by atoms with Crippen molar-refractivity contribution in [3.05, 3.63) is 58.6 Å². The molecule has 1 N–H and O–H groups in total. The Hall–Kier alpha value is -2.28. The van der Waals surface area contributed by atoms with Crippen molar-refractivity contribution in [2.24, 2.45) is 0 Å². The third-order valence-corrected chi connectivity index (χ3v) is 5.52. The van der Waals surface area contributed by atoms with Gasteiger partial charge in [-0.3, -0.25) is 9.69 Å². The summed E-state index contributed by atoms with van der Waals surface area (Å²) in [6, 6.07) is 13.2. The van der Waals surface area contributed by atoms with Gasteiger partial charge in [-0.25, -0.2) is 0 Å². The molecular formula is C22H28ClN3O3. The van der Waals surface area contributed by atoms with Gasteiger partial charge in [-0.2, -0.15) is 0 Å². The number of methoxy groups -OCH3 is 2. The van der Waals surface area contributed by atoms with Crippen LogP contribution in [-0.4, -0.2) is 69.7 Å². The zero-order valence-corrected chi connectivity index (χ0v) is 17.9. The number of likely N-dealkylation sites (N-methyl/N-ethyl adjacent to an activating group) is 1. The molecule has 1 saturated heterocycles. The smallest absolute Gasteiger partial charge is 0.252 e. The summed E-state index contributed by atoms with van der Waals surface area (Å²) >= 11 is 6.28. The molecule has 3 rings (SSSR count). The number of nitrogens with zero attached hydrogens (tertiary/aromatic N) is 2. The molecule has 0 bridgehead atoms. The van der Waals surface area contributed by atoms with Crippen LogP contribution in [-0.2, 0) is 0 Å². The maximum absolute atomic E-state index is 13.0. The van der Waals surface area contributed by atoms with Gasteiger partial charge in [0.1, 0.15) is 0 Å². The van der Waals surface area contributed by atoms with Crippen LogP contribution in [0, 0.1) is 0 Å². The van der Waals surface area contributed by atoms with E-state index in [1.54, 1.807) is 12.1 Å². The lowest BCUT2D eigenvalue weighted by Crippen LogP contribution is -2.47. The predicted molar refractivity (Wildman–Crippen MR) is 115 cm³/mol. The van der Waals surface area contributed by atoms with Crippen molar-refractivity contribution in [3.63, 3.8) is 0 Å². The Balaban J connectivity index is 1.80. The molecule has 1 aliphatic rings. The van der Waals surface area contributed by atoms with Gasteiger partial charge in [-0.15, -0.1) is 0 Å². The number of amides is 1. The molecule has 6 nitrogen and oxygen atoms in total. The van der Waals surface area contributed by atoms with Crippen LogP contribution in [0.4, 0.5) is 0 Å². The first-order chi connectivity index (χ1) is 14.0. The van der Waals surface area contributed by atoms with Gasteiger partial charge in [0.05, 0.1) is 25.3 Å². The topological polar surface area (TPSA) is 54.0 Å². The number of ether oxygens (including phenoxy) is 2. The second kappa shape index (κ2) is 9.96. The molecule has 1 unspecified atom stereocenters. The number of nitrogens with one attached hydrogen (secondary N) is 1. The van der Waals surface area contributed by atoms with Gasteiger partial charge in [-0.1, -0.05) is 41.9 Å². The highest BCUT2D eigenvalue weighted by molar-refractivity contribution is 6.32. The van der Waals surface area contributed by atoms with Crippen LogP contribution in [0.5, 0.6) is 11.5 Å². The molecule has 1 aliphatic heterocycles. The van der Waals surface area contributed by atoms with E-state index < -0.39 is 0 Å². The summed E-state index contributed by atoms with van der Waals surface area (Å²) in [5.41, 5.74) is 1.51. The average Bonchev–Trinajstić information content (AvgIpc) is 2.74.